The molecule has 0 aliphatic carbocycles. The van der Waals surface area contributed by atoms with Gasteiger partial charge in [-0.05, 0) is 38.1 Å². The minimum Gasteiger partial charge on any atom is -0.507 e. The second-order valence-corrected chi connectivity index (χ2v) is 5.17. The molecular formula is C19H21NO6. The largest absolute Gasteiger partial charge is 0.507 e. The SMILES string of the molecule is CCOc1ccc(NC(=O)COC(=O)c2ccccc2O)cc1OCC. The Morgan fingerprint density at radius 1 is 1.00 bits per heavy atom. The number of nitrogens with one attached hydrogen (secondary N) is 1. The number of ether oxygens (including phenoxy) is 3. The molecule has 0 unspecified atom stereocenters. The molecule has 0 saturated carbocycles. The number of carbonyl (C=O) groups excluding carboxylic acids is 2. The molecule has 26 heavy (non-hydrogen) atoms. The van der Waals surface area contributed by atoms with E-state index in [-0.39, 0.29) is 11.3 Å². The lowest BCUT2D eigenvalue weighted by Crippen LogP contribution is -2.21. The van der Waals surface area contributed by atoms with Crippen molar-refractivity contribution in [1.29, 1.82) is 0 Å². The van der Waals surface area contributed by atoms with Crippen LogP contribution in [-0.2, 0) is 9.53 Å². The van der Waals surface area contributed by atoms with Crippen LogP contribution in [0, 0.1) is 0 Å². The van der Waals surface area contributed by atoms with Crippen molar-refractivity contribution in [3.63, 3.8) is 0 Å². The maximum Gasteiger partial charge on any atom is 0.342 e. The van der Waals surface area contributed by atoms with Crippen LogP contribution in [-0.4, -0.2) is 36.8 Å². The average molecular weight is 359 g/mol. The monoisotopic (exact) mass is 359 g/mol. The molecule has 7 nitrogen and oxygen atoms in total. The van der Waals surface area contributed by atoms with Gasteiger partial charge >= 0.3 is 5.97 Å². The summed E-state index contributed by atoms with van der Waals surface area (Å²) < 4.78 is 15.9. The maximum absolute atomic E-state index is 12.0. The predicted octanol–water partition coefficient (Wildman–Crippen LogP) is 2.99. The van der Waals surface area contributed by atoms with E-state index in [4.69, 9.17) is 14.2 Å². The summed E-state index contributed by atoms with van der Waals surface area (Å²) in [7, 11) is 0. The number of aromatic hydroxyl groups is 1. The molecule has 0 saturated heterocycles. The van der Waals surface area contributed by atoms with E-state index in [1.807, 2.05) is 13.8 Å². The molecule has 138 valence electrons. The highest BCUT2D eigenvalue weighted by atomic mass is 16.5. The van der Waals surface area contributed by atoms with Crippen molar-refractivity contribution in [2.45, 2.75) is 13.8 Å². The van der Waals surface area contributed by atoms with Gasteiger partial charge in [0.1, 0.15) is 11.3 Å². The highest BCUT2D eigenvalue weighted by Crippen LogP contribution is 2.30. The fraction of sp³-hybridized carbons (Fsp3) is 0.263. The molecule has 0 aromatic heterocycles. The Balaban J connectivity index is 1.96. The van der Waals surface area contributed by atoms with Gasteiger partial charge in [-0.2, -0.15) is 0 Å². The first-order valence-electron chi connectivity index (χ1n) is 8.19. The molecule has 2 aromatic carbocycles. The summed E-state index contributed by atoms with van der Waals surface area (Å²) in [5.41, 5.74) is 0.487. The van der Waals surface area contributed by atoms with Crippen molar-refractivity contribution in [2.24, 2.45) is 0 Å². The van der Waals surface area contributed by atoms with E-state index >= 15 is 0 Å². The number of para-hydroxylation sites is 1. The maximum atomic E-state index is 12.0. The summed E-state index contributed by atoms with van der Waals surface area (Å²) in [6.07, 6.45) is 0. The van der Waals surface area contributed by atoms with E-state index in [9.17, 15) is 14.7 Å². The Morgan fingerprint density at radius 2 is 1.69 bits per heavy atom. The number of hydrogen-bond donors (Lipinski definition) is 2. The molecule has 2 N–H and O–H groups in total. The number of benzene rings is 2. The van der Waals surface area contributed by atoms with E-state index in [2.05, 4.69) is 5.32 Å². The lowest BCUT2D eigenvalue weighted by molar-refractivity contribution is -0.119. The van der Waals surface area contributed by atoms with Crippen LogP contribution < -0.4 is 14.8 Å². The van der Waals surface area contributed by atoms with E-state index in [0.717, 1.165) is 0 Å². The number of esters is 1. The van der Waals surface area contributed by atoms with Crippen LogP contribution in [0.4, 0.5) is 5.69 Å². The molecule has 0 atom stereocenters. The van der Waals surface area contributed by atoms with Crippen molar-refractivity contribution in [3.05, 3.63) is 48.0 Å². The first-order valence-corrected chi connectivity index (χ1v) is 8.19. The van der Waals surface area contributed by atoms with Crippen LogP contribution >= 0.6 is 0 Å². The molecule has 0 aliphatic rings. The molecule has 1 amide bonds. The summed E-state index contributed by atoms with van der Waals surface area (Å²) in [5, 5.41) is 12.2. The zero-order chi connectivity index (χ0) is 18.9. The van der Waals surface area contributed by atoms with Crippen LogP contribution in [0.15, 0.2) is 42.5 Å². The van der Waals surface area contributed by atoms with E-state index in [1.165, 1.54) is 12.1 Å². The Labute approximate surface area is 151 Å². The third kappa shape index (κ3) is 5.14. The van der Waals surface area contributed by atoms with Gasteiger partial charge in [0.05, 0.1) is 13.2 Å². The lowest BCUT2D eigenvalue weighted by atomic mass is 10.2. The van der Waals surface area contributed by atoms with Gasteiger partial charge in [0, 0.05) is 11.8 Å². The molecule has 7 heteroatoms. The molecule has 2 rings (SSSR count). The molecule has 0 heterocycles. The first kappa shape index (κ1) is 19.1. The second-order valence-electron chi connectivity index (χ2n) is 5.17. The van der Waals surface area contributed by atoms with Gasteiger partial charge in [-0.3, -0.25) is 4.79 Å². The lowest BCUT2D eigenvalue weighted by Gasteiger charge is -2.13. The van der Waals surface area contributed by atoms with Crippen LogP contribution in [0.3, 0.4) is 0 Å². The Kier molecular flexibility index (Phi) is 6.84. The Bertz CT molecular complexity index is 774. The number of anilines is 1. The second kappa shape index (κ2) is 9.31. The topological polar surface area (TPSA) is 94.1 Å². The number of hydrogen-bond acceptors (Lipinski definition) is 6. The quantitative estimate of drug-likeness (QED) is 0.704. The van der Waals surface area contributed by atoms with Gasteiger partial charge in [0.2, 0.25) is 0 Å². The number of phenolic OH excluding ortho intramolecular Hbond substituents is 1. The van der Waals surface area contributed by atoms with E-state index < -0.39 is 18.5 Å². The fourth-order valence-corrected chi connectivity index (χ4v) is 2.18. The van der Waals surface area contributed by atoms with Gasteiger partial charge < -0.3 is 24.6 Å². The minimum atomic E-state index is -0.778. The zero-order valence-corrected chi connectivity index (χ0v) is 14.7. The zero-order valence-electron chi connectivity index (χ0n) is 14.7. The normalized spacial score (nSPS) is 10.1. The Morgan fingerprint density at radius 3 is 2.38 bits per heavy atom. The molecule has 0 aliphatic heterocycles. The highest BCUT2D eigenvalue weighted by molar-refractivity contribution is 5.96. The third-order valence-electron chi connectivity index (χ3n) is 3.29. The van der Waals surface area contributed by atoms with Crippen molar-refractivity contribution in [1.82, 2.24) is 0 Å². The highest BCUT2D eigenvalue weighted by Gasteiger charge is 2.14. The van der Waals surface area contributed by atoms with Gasteiger partial charge in [0.25, 0.3) is 5.91 Å². The fourth-order valence-electron chi connectivity index (χ4n) is 2.18. The van der Waals surface area contributed by atoms with Crippen molar-refractivity contribution < 1.29 is 28.9 Å². The van der Waals surface area contributed by atoms with Crippen molar-refractivity contribution >= 4 is 17.6 Å². The summed E-state index contributed by atoms with van der Waals surface area (Å²) >= 11 is 0. The molecule has 0 fully saturated rings. The number of carbonyl (C=O) groups is 2. The molecule has 0 radical (unpaired) electrons. The predicted molar refractivity (Wildman–Crippen MR) is 95.8 cm³/mol. The summed E-state index contributed by atoms with van der Waals surface area (Å²) in [4.78, 5) is 23.9. The number of amides is 1. The molecular weight excluding hydrogens is 338 g/mol. The van der Waals surface area contributed by atoms with Gasteiger partial charge in [-0.25, -0.2) is 4.79 Å². The van der Waals surface area contributed by atoms with Crippen molar-refractivity contribution in [2.75, 3.05) is 25.1 Å². The third-order valence-corrected chi connectivity index (χ3v) is 3.29. The average Bonchev–Trinajstić information content (AvgIpc) is 2.62. The Hall–Kier alpha value is -3.22. The molecule has 0 bridgehead atoms. The van der Waals surface area contributed by atoms with Crippen LogP contribution in [0.2, 0.25) is 0 Å². The van der Waals surface area contributed by atoms with Gasteiger partial charge in [-0.1, -0.05) is 12.1 Å². The van der Waals surface area contributed by atoms with Crippen LogP contribution in [0.25, 0.3) is 0 Å². The van der Waals surface area contributed by atoms with Crippen LogP contribution in [0.1, 0.15) is 24.2 Å². The first-order chi connectivity index (χ1) is 12.5. The smallest absolute Gasteiger partial charge is 0.342 e. The van der Waals surface area contributed by atoms with E-state index in [1.54, 1.807) is 30.3 Å². The molecule has 0 spiro atoms. The summed E-state index contributed by atoms with van der Waals surface area (Å²) in [6, 6.07) is 10.9. The number of rotatable bonds is 8. The van der Waals surface area contributed by atoms with Gasteiger partial charge in [-0.15, -0.1) is 0 Å². The molecule has 2 aromatic rings. The van der Waals surface area contributed by atoms with Crippen LogP contribution in [0.5, 0.6) is 17.2 Å². The number of phenols is 1. The summed E-state index contributed by atoms with van der Waals surface area (Å²) in [5.74, 6) is -0.400. The standard InChI is InChI=1S/C19H21NO6/c1-3-24-16-10-9-13(11-17(16)25-4-2)20-18(22)12-26-19(23)14-7-5-6-8-15(14)21/h5-11,21H,3-4,12H2,1-2H3,(H,20,22). The van der Waals surface area contributed by atoms with Gasteiger partial charge in [0.15, 0.2) is 18.1 Å². The summed E-state index contributed by atoms with van der Waals surface area (Å²) in [6.45, 7) is 4.18. The minimum absolute atomic E-state index is 0.000000606. The van der Waals surface area contributed by atoms with E-state index in [0.29, 0.717) is 30.4 Å². The van der Waals surface area contributed by atoms with Crippen molar-refractivity contribution in [3.8, 4) is 17.2 Å².